The van der Waals surface area contributed by atoms with E-state index in [9.17, 15) is 19.7 Å². The minimum Gasteiger partial charge on any atom is -0.452 e. The van der Waals surface area contributed by atoms with Crippen molar-refractivity contribution in [2.75, 3.05) is 11.9 Å². The van der Waals surface area contributed by atoms with Crippen LogP contribution in [0.1, 0.15) is 16.1 Å². The highest BCUT2D eigenvalue weighted by molar-refractivity contribution is 6.06. The molecule has 0 fully saturated rings. The quantitative estimate of drug-likeness (QED) is 0.272. The van der Waals surface area contributed by atoms with Crippen molar-refractivity contribution in [2.24, 2.45) is 7.05 Å². The van der Waals surface area contributed by atoms with Crippen LogP contribution in [0.5, 0.6) is 0 Å². The lowest BCUT2D eigenvalue weighted by Gasteiger charge is -2.09. The Morgan fingerprint density at radius 1 is 1.12 bits per heavy atom. The first-order valence-corrected chi connectivity index (χ1v) is 9.95. The number of ether oxygens (including phenoxy) is 1. The van der Waals surface area contributed by atoms with Crippen molar-refractivity contribution in [3.63, 3.8) is 0 Å². The Balaban J connectivity index is 1.59. The lowest BCUT2D eigenvalue weighted by molar-refractivity contribution is -0.383. The normalized spacial score (nSPS) is 10.7. The zero-order valence-corrected chi connectivity index (χ0v) is 17.8. The number of carbonyl (C=O) groups excluding carboxylic acids is 2. The van der Waals surface area contributed by atoms with Gasteiger partial charge >= 0.3 is 5.97 Å². The summed E-state index contributed by atoms with van der Waals surface area (Å²) in [5.41, 5.74) is 2.45. The van der Waals surface area contributed by atoms with Gasteiger partial charge in [-0.1, -0.05) is 42.5 Å². The number of fused-ring (bicyclic) bond motifs is 1. The molecule has 10 nitrogen and oxygen atoms in total. The standard InChI is InChI=1S/C23H19N5O5/c1-14-21-16(12-18(15-8-4-3-5-9-15)25-22(21)27(2)26-14)23(30)33-13-20(29)24-17-10-6-7-11-19(17)28(31)32/h3-12H,13H2,1-2H3,(H,24,29). The third-order valence-electron chi connectivity index (χ3n) is 4.97. The van der Waals surface area contributed by atoms with Crippen molar-refractivity contribution in [3.8, 4) is 11.3 Å². The number of aromatic nitrogens is 3. The second-order valence-electron chi connectivity index (χ2n) is 7.23. The van der Waals surface area contributed by atoms with E-state index in [0.717, 1.165) is 5.56 Å². The monoisotopic (exact) mass is 445 g/mol. The van der Waals surface area contributed by atoms with Gasteiger partial charge in [-0.2, -0.15) is 5.10 Å². The SMILES string of the molecule is Cc1nn(C)c2nc(-c3ccccc3)cc(C(=O)OCC(=O)Nc3ccccc3[N+](=O)[O-])c12. The Morgan fingerprint density at radius 3 is 2.55 bits per heavy atom. The van der Waals surface area contributed by atoms with Crippen LogP contribution in [0.4, 0.5) is 11.4 Å². The van der Waals surface area contributed by atoms with E-state index >= 15 is 0 Å². The van der Waals surface area contributed by atoms with Crippen LogP contribution in [-0.4, -0.2) is 38.2 Å². The van der Waals surface area contributed by atoms with Crippen molar-refractivity contribution >= 4 is 34.3 Å². The van der Waals surface area contributed by atoms with E-state index in [1.54, 1.807) is 30.8 Å². The molecule has 166 valence electrons. The predicted octanol–water partition coefficient (Wildman–Crippen LogP) is 3.65. The van der Waals surface area contributed by atoms with Crippen molar-refractivity contribution in [2.45, 2.75) is 6.92 Å². The molecule has 2 aromatic heterocycles. The van der Waals surface area contributed by atoms with Gasteiger partial charge in [0.2, 0.25) is 0 Å². The number of hydrogen-bond donors (Lipinski definition) is 1. The summed E-state index contributed by atoms with van der Waals surface area (Å²) in [6.07, 6.45) is 0. The van der Waals surface area contributed by atoms with E-state index in [-0.39, 0.29) is 16.9 Å². The molecule has 33 heavy (non-hydrogen) atoms. The molecule has 0 aliphatic carbocycles. The van der Waals surface area contributed by atoms with E-state index < -0.39 is 23.4 Å². The molecule has 10 heteroatoms. The van der Waals surface area contributed by atoms with Crippen LogP contribution < -0.4 is 5.32 Å². The van der Waals surface area contributed by atoms with Gasteiger partial charge in [-0.05, 0) is 19.1 Å². The van der Waals surface area contributed by atoms with E-state index in [4.69, 9.17) is 4.74 Å². The number of anilines is 1. The maximum atomic E-state index is 13.0. The zero-order valence-electron chi connectivity index (χ0n) is 17.8. The van der Waals surface area contributed by atoms with Crippen LogP contribution in [0.15, 0.2) is 60.7 Å². The Hall–Kier alpha value is -4.60. The first-order chi connectivity index (χ1) is 15.8. The lowest BCUT2D eigenvalue weighted by Crippen LogP contribution is -2.21. The van der Waals surface area contributed by atoms with Crippen molar-refractivity contribution in [1.29, 1.82) is 0 Å². The van der Waals surface area contributed by atoms with E-state index in [1.165, 1.54) is 18.2 Å². The second-order valence-corrected chi connectivity index (χ2v) is 7.23. The molecule has 2 aromatic carbocycles. The van der Waals surface area contributed by atoms with Crippen LogP contribution in [0.3, 0.4) is 0 Å². The van der Waals surface area contributed by atoms with Crippen molar-refractivity contribution in [1.82, 2.24) is 14.8 Å². The van der Waals surface area contributed by atoms with Crippen molar-refractivity contribution in [3.05, 3.63) is 82.0 Å². The molecule has 4 aromatic rings. The Morgan fingerprint density at radius 2 is 1.82 bits per heavy atom. The number of rotatable bonds is 6. The Kier molecular flexibility index (Phi) is 5.81. The maximum absolute atomic E-state index is 13.0. The van der Waals surface area contributed by atoms with Gasteiger partial charge in [-0.25, -0.2) is 9.78 Å². The van der Waals surface area contributed by atoms with Crippen LogP contribution in [0.25, 0.3) is 22.3 Å². The molecule has 2 heterocycles. The summed E-state index contributed by atoms with van der Waals surface area (Å²) in [5.74, 6) is -1.43. The first-order valence-electron chi connectivity index (χ1n) is 9.95. The van der Waals surface area contributed by atoms with Gasteiger partial charge < -0.3 is 10.1 Å². The van der Waals surface area contributed by atoms with Gasteiger partial charge in [0.05, 0.1) is 27.3 Å². The zero-order chi connectivity index (χ0) is 23.5. The molecule has 0 aliphatic rings. The van der Waals surface area contributed by atoms with Gasteiger partial charge in [0, 0.05) is 18.7 Å². The number of nitro groups is 1. The highest BCUT2D eigenvalue weighted by Gasteiger charge is 2.22. The minimum absolute atomic E-state index is 0.0179. The average Bonchev–Trinajstić information content (AvgIpc) is 3.11. The molecule has 1 N–H and O–H groups in total. The molecule has 1 amide bonds. The van der Waals surface area contributed by atoms with Crippen molar-refractivity contribution < 1.29 is 19.2 Å². The molecule has 0 saturated heterocycles. The molecule has 0 saturated carbocycles. The highest BCUT2D eigenvalue weighted by Crippen LogP contribution is 2.27. The number of amides is 1. The molecule has 0 unspecified atom stereocenters. The first kappa shape index (κ1) is 21.6. The number of aryl methyl sites for hydroxylation is 2. The summed E-state index contributed by atoms with van der Waals surface area (Å²) >= 11 is 0. The average molecular weight is 445 g/mol. The Labute approximate surface area is 188 Å². The van der Waals surface area contributed by atoms with Crippen LogP contribution in [-0.2, 0) is 16.6 Å². The molecule has 0 bridgehead atoms. The van der Waals surface area contributed by atoms with Gasteiger partial charge in [0.15, 0.2) is 12.3 Å². The second kappa shape index (κ2) is 8.87. The van der Waals surface area contributed by atoms with Crippen LogP contribution in [0.2, 0.25) is 0 Å². The van der Waals surface area contributed by atoms with E-state index in [0.29, 0.717) is 22.4 Å². The highest BCUT2D eigenvalue weighted by atomic mass is 16.6. The lowest BCUT2D eigenvalue weighted by atomic mass is 10.1. The molecule has 0 radical (unpaired) electrons. The number of nitrogens with zero attached hydrogens (tertiary/aromatic N) is 4. The molecule has 0 spiro atoms. The summed E-state index contributed by atoms with van der Waals surface area (Å²) in [7, 11) is 1.73. The van der Waals surface area contributed by atoms with Gasteiger partial charge in [0.25, 0.3) is 11.6 Å². The fraction of sp³-hybridized carbons (Fsp3) is 0.130. The van der Waals surface area contributed by atoms with Gasteiger partial charge in [0.1, 0.15) is 5.69 Å². The van der Waals surface area contributed by atoms with Gasteiger partial charge in [-0.15, -0.1) is 0 Å². The molecule has 0 aliphatic heterocycles. The number of nitrogens with one attached hydrogen (secondary N) is 1. The number of hydrogen-bond acceptors (Lipinski definition) is 7. The fourth-order valence-electron chi connectivity index (χ4n) is 3.50. The summed E-state index contributed by atoms with van der Waals surface area (Å²) in [6, 6.07) is 16.7. The van der Waals surface area contributed by atoms with Crippen LogP contribution >= 0.6 is 0 Å². The fourth-order valence-corrected chi connectivity index (χ4v) is 3.50. The number of benzene rings is 2. The largest absolute Gasteiger partial charge is 0.452 e. The Bertz CT molecular complexity index is 1380. The summed E-state index contributed by atoms with van der Waals surface area (Å²) in [4.78, 5) is 40.4. The maximum Gasteiger partial charge on any atom is 0.339 e. The summed E-state index contributed by atoms with van der Waals surface area (Å²) in [5, 5.41) is 18.4. The molecular formula is C23H19N5O5. The predicted molar refractivity (Wildman–Crippen MR) is 121 cm³/mol. The number of carbonyl (C=O) groups is 2. The smallest absolute Gasteiger partial charge is 0.339 e. The minimum atomic E-state index is -0.728. The third-order valence-corrected chi connectivity index (χ3v) is 4.97. The van der Waals surface area contributed by atoms with Crippen LogP contribution in [0, 0.1) is 17.0 Å². The third kappa shape index (κ3) is 4.40. The van der Waals surface area contributed by atoms with E-state index in [2.05, 4.69) is 15.4 Å². The number of pyridine rings is 1. The molecular weight excluding hydrogens is 426 g/mol. The number of nitro benzene ring substituents is 1. The van der Waals surface area contributed by atoms with Gasteiger partial charge in [-0.3, -0.25) is 19.6 Å². The van der Waals surface area contributed by atoms with E-state index in [1.807, 2.05) is 30.3 Å². The summed E-state index contributed by atoms with van der Waals surface area (Å²) in [6.45, 7) is 1.14. The number of para-hydroxylation sites is 2. The molecule has 0 atom stereocenters. The number of esters is 1. The summed E-state index contributed by atoms with van der Waals surface area (Å²) < 4.78 is 6.82. The topological polar surface area (TPSA) is 129 Å². The molecule has 4 rings (SSSR count).